The van der Waals surface area contributed by atoms with Crippen LogP contribution in [0, 0.1) is 0 Å². The summed E-state index contributed by atoms with van der Waals surface area (Å²) >= 11 is 9.28. The minimum atomic E-state index is -0.328. The molecule has 0 atom stereocenters. The van der Waals surface area contributed by atoms with Crippen molar-refractivity contribution in [2.75, 3.05) is 19.8 Å². The summed E-state index contributed by atoms with van der Waals surface area (Å²) in [6.45, 7) is 1.39. The van der Waals surface area contributed by atoms with Crippen molar-refractivity contribution in [2.24, 2.45) is 0 Å². The van der Waals surface area contributed by atoms with Gasteiger partial charge in [0.05, 0.1) is 5.02 Å². The summed E-state index contributed by atoms with van der Waals surface area (Å²) in [6.07, 6.45) is 0.698. The molecule has 0 radical (unpaired) electrons. The molecule has 8 heteroatoms. The Hall–Kier alpha value is -3.26. The van der Waals surface area contributed by atoms with Gasteiger partial charge >= 0.3 is 0 Å². The lowest BCUT2D eigenvalue weighted by Gasteiger charge is -2.14. The molecule has 0 fully saturated rings. The Bertz CT molecular complexity index is 1310. The fraction of sp³-hybridized carbons (Fsp3) is 0.148. The van der Waals surface area contributed by atoms with Gasteiger partial charge in [-0.2, -0.15) is 0 Å². The maximum Gasteiger partial charge on any atom is 0.265 e. The van der Waals surface area contributed by atoms with Gasteiger partial charge in [-0.3, -0.25) is 10.2 Å². The first kappa shape index (κ1) is 24.9. The Morgan fingerprint density at radius 1 is 0.914 bits per heavy atom. The zero-order chi connectivity index (χ0) is 24.6. The van der Waals surface area contributed by atoms with Crippen LogP contribution in [0.3, 0.4) is 0 Å². The molecule has 4 aromatic carbocycles. The number of ether oxygens (including phenoxy) is 2. The largest absolute Gasteiger partial charge is 0.506 e. The van der Waals surface area contributed by atoms with Crippen molar-refractivity contribution in [2.45, 2.75) is 6.42 Å². The molecule has 4 rings (SSSR count). The molecule has 35 heavy (non-hydrogen) atoms. The maximum absolute atomic E-state index is 12.3. The number of hydrazine groups is 1. The Labute approximate surface area is 216 Å². The highest BCUT2D eigenvalue weighted by Crippen LogP contribution is 2.29. The van der Waals surface area contributed by atoms with E-state index >= 15 is 0 Å². The minimum Gasteiger partial charge on any atom is -0.506 e. The van der Waals surface area contributed by atoms with Crippen molar-refractivity contribution in [3.05, 3.63) is 99.5 Å². The number of phenols is 1. The van der Waals surface area contributed by atoms with E-state index in [0.29, 0.717) is 31.7 Å². The third-order valence-corrected chi connectivity index (χ3v) is 6.16. The maximum atomic E-state index is 12.3. The second-order valence-electron chi connectivity index (χ2n) is 7.72. The number of nitrogens with one attached hydrogen (secondary N) is 2. The van der Waals surface area contributed by atoms with Gasteiger partial charge in [-0.25, -0.2) is 5.43 Å². The van der Waals surface area contributed by atoms with E-state index in [2.05, 4.69) is 32.8 Å². The number of fused-ring (bicyclic) bond motifs is 1. The van der Waals surface area contributed by atoms with Crippen LogP contribution in [0.2, 0.25) is 5.02 Å². The summed E-state index contributed by atoms with van der Waals surface area (Å²) in [5, 5.41) is 11.7. The third kappa shape index (κ3) is 6.66. The first-order valence-electron chi connectivity index (χ1n) is 11.0. The molecule has 0 saturated heterocycles. The van der Waals surface area contributed by atoms with Crippen LogP contribution in [0.5, 0.6) is 17.2 Å². The van der Waals surface area contributed by atoms with Crippen molar-refractivity contribution in [1.82, 2.24) is 10.9 Å². The fourth-order valence-corrected chi connectivity index (χ4v) is 4.02. The quantitative estimate of drug-likeness (QED) is 0.168. The molecule has 3 N–H and O–H groups in total. The molecule has 0 spiro atoms. The van der Waals surface area contributed by atoms with Crippen LogP contribution >= 0.6 is 27.5 Å². The average Bonchev–Trinajstić information content (AvgIpc) is 2.87. The normalized spacial score (nSPS) is 10.8. The first-order valence-corrected chi connectivity index (χ1v) is 12.2. The molecule has 6 nitrogen and oxygen atoms in total. The number of hydrogen-bond donors (Lipinski definition) is 3. The van der Waals surface area contributed by atoms with Crippen LogP contribution in [-0.4, -0.2) is 30.8 Å². The fourth-order valence-electron chi connectivity index (χ4n) is 3.58. The number of amides is 1. The van der Waals surface area contributed by atoms with Crippen LogP contribution in [0.25, 0.3) is 10.8 Å². The number of benzene rings is 4. The van der Waals surface area contributed by atoms with Gasteiger partial charge in [0.2, 0.25) is 0 Å². The van der Waals surface area contributed by atoms with Crippen molar-refractivity contribution in [1.29, 1.82) is 0 Å². The lowest BCUT2D eigenvalue weighted by atomic mass is 10.0. The van der Waals surface area contributed by atoms with E-state index in [1.165, 1.54) is 18.2 Å². The number of aromatic hydroxyl groups is 1. The minimum absolute atomic E-state index is 0.0624. The Morgan fingerprint density at radius 3 is 2.43 bits per heavy atom. The smallest absolute Gasteiger partial charge is 0.265 e. The molecule has 0 aliphatic carbocycles. The molecular formula is C27H24BrClN2O4. The number of carbonyl (C=O) groups is 1. The molecule has 0 aliphatic heterocycles. The van der Waals surface area contributed by atoms with Crippen LogP contribution in [0.15, 0.2) is 83.3 Å². The van der Waals surface area contributed by atoms with Gasteiger partial charge in [0, 0.05) is 22.0 Å². The Morgan fingerprint density at radius 2 is 1.66 bits per heavy atom. The van der Waals surface area contributed by atoms with Gasteiger partial charge < -0.3 is 14.6 Å². The summed E-state index contributed by atoms with van der Waals surface area (Å²) in [4.78, 5) is 12.3. The lowest BCUT2D eigenvalue weighted by Crippen LogP contribution is -2.38. The summed E-state index contributed by atoms with van der Waals surface area (Å²) in [7, 11) is 0. The Kier molecular flexibility index (Phi) is 8.47. The molecule has 0 bridgehead atoms. The Balaban J connectivity index is 1.31. The van der Waals surface area contributed by atoms with Gasteiger partial charge in [-0.1, -0.05) is 57.9 Å². The van der Waals surface area contributed by atoms with Crippen molar-refractivity contribution in [3.63, 3.8) is 0 Å². The molecule has 180 valence electrons. The SMILES string of the molecule is O=C(NNCCc1ccc(OCCOc2ccc(Br)cc2)c2ccccc12)c1ccc(O)c(Cl)c1. The van der Waals surface area contributed by atoms with Gasteiger partial charge in [0.25, 0.3) is 5.91 Å². The zero-order valence-electron chi connectivity index (χ0n) is 18.8. The van der Waals surface area contributed by atoms with E-state index in [1.54, 1.807) is 0 Å². The second kappa shape index (κ2) is 11.9. The van der Waals surface area contributed by atoms with E-state index in [4.69, 9.17) is 21.1 Å². The van der Waals surface area contributed by atoms with E-state index in [0.717, 1.165) is 32.3 Å². The molecule has 0 heterocycles. The van der Waals surface area contributed by atoms with E-state index in [1.807, 2.05) is 54.6 Å². The van der Waals surface area contributed by atoms with Gasteiger partial charge in [-0.05, 0) is 65.9 Å². The summed E-state index contributed by atoms with van der Waals surface area (Å²) < 4.78 is 12.8. The van der Waals surface area contributed by atoms with E-state index < -0.39 is 0 Å². The molecule has 0 unspecified atom stereocenters. The topological polar surface area (TPSA) is 79.8 Å². The van der Waals surface area contributed by atoms with Gasteiger partial charge in [-0.15, -0.1) is 0 Å². The number of rotatable bonds is 10. The zero-order valence-corrected chi connectivity index (χ0v) is 21.1. The predicted molar refractivity (Wildman–Crippen MR) is 141 cm³/mol. The highest BCUT2D eigenvalue weighted by molar-refractivity contribution is 9.10. The second-order valence-corrected chi connectivity index (χ2v) is 9.04. The molecular weight excluding hydrogens is 532 g/mol. The molecule has 0 aromatic heterocycles. The van der Waals surface area contributed by atoms with Crippen LogP contribution < -0.4 is 20.3 Å². The average molecular weight is 556 g/mol. The van der Waals surface area contributed by atoms with Crippen LogP contribution in [-0.2, 0) is 6.42 Å². The summed E-state index contributed by atoms with van der Waals surface area (Å²) in [6, 6.07) is 24.1. The standard InChI is InChI=1S/C27H24BrClN2O4/c28-20-7-9-21(10-8-20)34-15-16-35-26-12-6-18(22-3-1-2-4-23(22)26)13-14-30-31-27(33)19-5-11-25(32)24(29)17-19/h1-12,17,30,32H,13-16H2,(H,31,33). The first-order chi connectivity index (χ1) is 17.0. The lowest BCUT2D eigenvalue weighted by molar-refractivity contribution is 0.0933. The monoisotopic (exact) mass is 554 g/mol. The van der Waals surface area contributed by atoms with Gasteiger partial charge in [0.1, 0.15) is 30.5 Å². The van der Waals surface area contributed by atoms with E-state index in [9.17, 15) is 9.90 Å². The summed E-state index contributed by atoms with van der Waals surface area (Å²) in [5.41, 5.74) is 7.10. The number of halogens is 2. The predicted octanol–water partition coefficient (Wildman–Crippen LogP) is 5.90. The highest BCUT2D eigenvalue weighted by atomic mass is 79.9. The molecule has 1 amide bonds. The van der Waals surface area contributed by atoms with Crippen LogP contribution in [0.4, 0.5) is 0 Å². The van der Waals surface area contributed by atoms with E-state index in [-0.39, 0.29) is 16.7 Å². The van der Waals surface area contributed by atoms with Crippen molar-refractivity contribution < 1.29 is 19.4 Å². The third-order valence-electron chi connectivity index (χ3n) is 5.33. The van der Waals surface area contributed by atoms with Crippen LogP contribution in [0.1, 0.15) is 15.9 Å². The van der Waals surface area contributed by atoms with Crippen molar-refractivity contribution >= 4 is 44.2 Å². The number of hydrogen-bond acceptors (Lipinski definition) is 5. The number of carbonyl (C=O) groups excluding carboxylic acids is 1. The number of phenolic OH excluding ortho intramolecular Hbond substituents is 1. The van der Waals surface area contributed by atoms with Crippen molar-refractivity contribution in [3.8, 4) is 17.2 Å². The molecule has 0 aliphatic rings. The summed E-state index contributed by atoms with van der Waals surface area (Å²) in [5.74, 6) is 1.21. The highest BCUT2D eigenvalue weighted by Gasteiger charge is 2.09. The molecule has 4 aromatic rings. The van der Waals surface area contributed by atoms with Gasteiger partial charge in [0.15, 0.2) is 0 Å². The molecule has 0 saturated carbocycles.